The highest BCUT2D eigenvalue weighted by Gasteiger charge is 2.24. The first-order chi connectivity index (χ1) is 13.9. The fraction of sp³-hybridized carbons (Fsp3) is 0.130. The van der Waals surface area contributed by atoms with Crippen LogP contribution in [0.2, 0.25) is 0 Å². The number of aliphatic imine (C=N–C) groups is 1. The number of aromatic hydroxyl groups is 1. The van der Waals surface area contributed by atoms with Gasteiger partial charge in [-0.2, -0.15) is 0 Å². The quantitative estimate of drug-likeness (QED) is 0.605. The molecule has 1 aliphatic rings. The van der Waals surface area contributed by atoms with Crippen LogP contribution in [0, 0.1) is 20.8 Å². The molecule has 2 aromatic carbocycles. The Kier molecular flexibility index (Phi) is 5.03. The average molecular weight is 404 g/mol. The second kappa shape index (κ2) is 7.64. The van der Waals surface area contributed by atoms with Crippen LogP contribution in [0.4, 0.5) is 5.69 Å². The van der Waals surface area contributed by atoms with E-state index in [1.54, 1.807) is 12.1 Å². The van der Waals surface area contributed by atoms with Crippen LogP contribution in [-0.4, -0.2) is 20.7 Å². The number of nitrogens with zero attached hydrogens (tertiary/aromatic N) is 2. The smallest absolute Gasteiger partial charge is 0.264 e. The molecule has 3 aromatic rings. The van der Waals surface area contributed by atoms with E-state index in [0.29, 0.717) is 10.1 Å². The summed E-state index contributed by atoms with van der Waals surface area (Å²) in [6.07, 6.45) is 1.90. The summed E-state index contributed by atoms with van der Waals surface area (Å²) in [6, 6.07) is 17.0. The van der Waals surface area contributed by atoms with Crippen LogP contribution in [0.3, 0.4) is 0 Å². The van der Waals surface area contributed by atoms with Gasteiger partial charge in [0.15, 0.2) is 5.17 Å². The number of amidine groups is 1. The Morgan fingerprint density at radius 1 is 1.03 bits per heavy atom. The van der Waals surface area contributed by atoms with Crippen LogP contribution in [0.15, 0.2) is 64.5 Å². The van der Waals surface area contributed by atoms with Gasteiger partial charge < -0.3 is 15.0 Å². The fourth-order valence-electron chi connectivity index (χ4n) is 3.29. The molecule has 4 rings (SSSR count). The summed E-state index contributed by atoms with van der Waals surface area (Å²) in [6.45, 7) is 6.07. The number of hydrogen-bond acceptors (Lipinski definition) is 4. The normalized spacial score (nSPS) is 16.6. The summed E-state index contributed by atoms with van der Waals surface area (Å²) in [4.78, 5) is 17.6. The molecule has 0 radical (unpaired) electrons. The molecule has 1 saturated heterocycles. The maximum absolute atomic E-state index is 12.4. The van der Waals surface area contributed by atoms with Crippen molar-refractivity contribution < 1.29 is 9.90 Å². The first-order valence-electron chi connectivity index (χ1n) is 9.25. The average Bonchev–Trinajstić information content (AvgIpc) is 3.17. The molecule has 2 N–H and O–H groups in total. The largest absolute Gasteiger partial charge is 0.508 e. The Hall–Kier alpha value is -3.25. The summed E-state index contributed by atoms with van der Waals surface area (Å²) in [5.41, 5.74) is 6.00. The minimum atomic E-state index is -0.143. The van der Waals surface area contributed by atoms with Gasteiger partial charge in [0.05, 0.1) is 10.6 Å². The molecule has 6 heteroatoms. The van der Waals surface area contributed by atoms with E-state index in [9.17, 15) is 9.90 Å². The zero-order valence-electron chi connectivity index (χ0n) is 16.4. The van der Waals surface area contributed by atoms with E-state index >= 15 is 0 Å². The Morgan fingerprint density at radius 2 is 1.72 bits per heavy atom. The van der Waals surface area contributed by atoms with E-state index in [2.05, 4.69) is 20.9 Å². The SMILES string of the molecule is Cc1ccc(N=C2NC(=O)/C(=C\c3cc(C)n(-c4ccc(O)cc4)c3C)S2)cc1. The highest BCUT2D eigenvalue weighted by molar-refractivity contribution is 8.18. The first kappa shape index (κ1) is 19.1. The Bertz CT molecular complexity index is 1140. The molecule has 1 amide bonds. The summed E-state index contributed by atoms with van der Waals surface area (Å²) >= 11 is 1.34. The number of hydrogen-bond donors (Lipinski definition) is 2. The highest BCUT2D eigenvalue weighted by atomic mass is 32.2. The summed E-state index contributed by atoms with van der Waals surface area (Å²) in [5, 5.41) is 13.0. The minimum Gasteiger partial charge on any atom is -0.508 e. The van der Waals surface area contributed by atoms with Gasteiger partial charge in [0.25, 0.3) is 5.91 Å². The molecule has 1 aliphatic heterocycles. The van der Waals surface area contributed by atoms with Crippen molar-refractivity contribution in [3.05, 3.63) is 82.0 Å². The van der Waals surface area contributed by atoms with Crippen molar-refractivity contribution in [1.82, 2.24) is 9.88 Å². The number of amides is 1. The van der Waals surface area contributed by atoms with Gasteiger partial charge in [-0.3, -0.25) is 4.79 Å². The van der Waals surface area contributed by atoms with Gasteiger partial charge in [0, 0.05) is 17.1 Å². The van der Waals surface area contributed by atoms with Crippen LogP contribution in [0.5, 0.6) is 5.75 Å². The zero-order valence-corrected chi connectivity index (χ0v) is 17.2. The third-order valence-electron chi connectivity index (χ3n) is 4.78. The minimum absolute atomic E-state index is 0.143. The number of thioether (sulfide) groups is 1. The fourth-order valence-corrected chi connectivity index (χ4v) is 4.12. The molecule has 5 nitrogen and oxygen atoms in total. The molecule has 0 spiro atoms. The van der Waals surface area contributed by atoms with Gasteiger partial charge in [0.2, 0.25) is 0 Å². The molecular weight excluding hydrogens is 382 g/mol. The second-order valence-electron chi connectivity index (χ2n) is 7.00. The van der Waals surface area contributed by atoms with Crippen LogP contribution in [-0.2, 0) is 4.79 Å². The number of carbonyl (C=O) groups excluding carboxylic acids is 1. The predicted molar refractivity (Wildman–Crippen MR) is 119 cm³/mol. The van der Waals surface area contributed by atoms with Crippen molar-refractivity contribution in [2.75, 3.05) is 0 Å². The third kappa shape index (κ3) is 3.98. The van der Waals surface area contributed by atoms with Crippen molar-refractivity contribution in [3.8, 4) is 11.4 Å². The molecule has 1 aromatic heterocycles. The lowest BCUT2D eigenvalue weighted by molar-refractivity contribution is -0.115. The van der Waals surface area contributed by atoms with E-state index in [-0.39, 0.29) is 11.7 Å². The maximum Gasteiger partial charge on any atom is 0.264 e. The van der Waals surface area contributed by atoms with E-state index in [0.717, 1.165) is 28.3 Å². The third-order valence-corrected chi connectivity index (χ3v) is 5.69. The number of nitrogens with one attached hydrogen (secondary N) is 1. The van der Waals surface area contributed by atoms with Crippen LogP contribution >= 0.6 is 11.8 Å². The maximum atomic E-state index is 12.4. The van der Waals surface area contributed by atoms with E-state index in [1.165, 1.54) is 17.3 Å². The molecule has 0 aliphatic carbocycles. The molecular formula is C23H21N3O2S. The van der Waals surface area contributed by atoms with E-state index in [1.807, 2.05) is 63.2 Å². The molecule has 146 valence electrons. The molecule has 0 saturated carbocycles. The lowest BCUT2D eigenvalue weighted by Gasteiger charge is -2.09. The molecule has 1 fully saturated rings. The Balaban J connectivity index is 1.63. The van der Waals surface area contributed by atoms with Crippen molar-refractivity contribution in [2.45, 2.75) is 20.8 Å². The molecule has 0 unspecified atom stereocenters. The molecule has 0 atom stereocenters. The lowest BCUT2D eigenvalue weighted by atomic mass is 10.2. The first-order valence-corrected chi connectivity index (χ1v) is 10.1. The van der Waals surface area contributed by atoms with Gasteiger partial charge in [-0.05, 0) is 86.6 Å². The van der Waals surface area contributed by atoms with Gasteiger partial charge >= 0.3 is 0 Å². The molecule has 29 heavy (non-hydrogen) atoms. The Morgan fingerprint density at radius 3 is 2.41 bits per heavy atom. The monoisotopic (exact) mass is 403 g/mol. The van der Waals surface area contributed by atoms with Gasteiger partial charge in [0.1, 0.15) is 5.75 Å². The van der Waals surface area contributed by atoms with Crippen molar-refractivity contribution in [1.29, 1.82) is 0 Å². The summed E-state index contributed by atoms with van der Waals surface area (Å²) in [7, 11) is 0. The number of phenols is 1. The molecule has 2 heterocycles. The van der Waals surface area contributed by atoms with Crippen molar-refractivity contribution in [2.24, 2.45) is 4.99 Å². The number of aryl methyl sites for hydroxylation is 2. The Labute approximate surface area is 173 Å². The van der Waals surface area contributed by atoms with Crippen LogP contribution in [0.1, 0.15) is 22.5 Å². The molecule has 0 bridgehead atoms. The number of benzene rings is 2. The summed E-state index contributed by atoms with van der Waals surface area (Å²) in [5.74, 6) is 0.0910. The number of aromatic nitrogens is 1. The van der Waals surface area contributed by atoms with Gasteiger partial charge in [-0.1, -0.05) is 17.7 Å². The second-order valence-corrected chi connectivity index (χ2v) is 8.03. The van der Waals surface area contributed by atoms with E-state index in [4.69, 9.17) is 0 Å². The van der Waals surface area contributed by atoms with Crippen LogP contribution < -0.4 is 5.32 Å². The number of rotatable bonds is 3. The van der Waals surface area contributed by atoms with Gasteiger partial charge in [-0.25, -0.2) is 4.99 Å². The van der Waals surface area contributed by atoms with E-state index < -0.39 is 0 Å². The predicted octanol–water partition coefficient (Wildman–Crippen LogP) is 5.00. The van der Waals surface area contributed by atoms with Crippen LogP contribution in [0.25, 0.3) is 11.8 Å². The zero-order chi connectivity index (χ0) is 20.5. The summed E-state index contributed by atoms with van der Waals surface area (Å²) < 4.78 is 2.10. The topological polar surface area (TPSA) is 66.6 Å². The highest BCUT2D eigenvalue weighted by Crippen LogP contribution is 2.30. The lowest BCUT2D eigenvalue weighted by Crippen LogP contribution is -2.19. The number of phenolic OH excluding ortho intramolecular Hbond substituents is 1. The van der Waals surface area contributed by atoms with Gasteiger partial charge in [-0.15, -0.1) is 0 Å². The number of carbonyl (C=O) groups is 1. The van der Waals surface area contributed by atoms with Crippen molar-refractivity contribution >= 4 is 34.6 Å². The standard InChI is InChI=1S/C23H21N3O2S/c1-14-4-6-18(7-5-14)24-23-25-22(28)21(29-23)13-17-12-15(2)26(16(17)3)19-8-10-20(27)11-9-19/h4-13,27H,1-3H3,(H,24,25,28)/b21-13+. The van der Waals surface area contributed by atoms with Crippen molar-refractivity contribution in [3.63, 3.8) is 0 Å².